The Morgan fingerprint density at radius 1 is 1.53 bits per heavy atom. The van der Waals surface area contributed by atoms with Gasteiger partial charge in [-0.2, -0.15) is 0 Å². The van der Waals surface area contributed by atoms with E-state index in [1.165, 1.54) is 28.8 Å². The summed E-state index contributed by atoms with van der Waals surface area (Å²) < 4.78 is 13.1. The fraction of sp³-hybridized carbons (Fsp3) is 0.167. The van der Waals surface area contributed by atoms with E-state index < -0.39 is 5.97 Å². The van der Waals surface area contributed by atoms with E-state index in [4.69, 9.17) is 5.11 Å². The quantitative estimate of drug-likeness (QED) is 0.911. The second-order valence-electron chi connectivity index (χ2n) is 3.50. The van der Waals surface area contributed by atoms with E-state index in [0.717, 1.165) is 11.1 Å². The zero-order chi connectivity index (χ0) is 12.4. The standard InChI is InChI=1S/C12H10FNO2S/c1-2-7-5-8(13)3-4-9(7)11-14-10(6-17-11)12(15)16/h3-6H,2H2,1H3,(H,15,16). The number of benzene rings is 1. The maximum atomic E-state index is 13.1. The third-order valence-electron chi connectivity index (χ3n) is 2.40. The Morgan fingerprint density at radius 3 is 2.88 bits per heavy atom. The van der Waals surface area contributed by atoms with Crippen molar-refractivity contribution in [1.29, 1.82) is 0 Å². The molecule has 17 heavy (non-hydrogen) atoms. The number of carboxylic acid groups (broad SMARTS) is 1. The number of carbonyl (C=O) groups is 1. The molecule has 88 valence electrons. The van der Waals surface area contributed by atoms with Gasteiger partial charge in [0.15, 0.2) is 5.69 Å². The molecule has 2 aromatic rings. The van der Waals surface area contributed by atoms with Crippen LogP contribution in [0.25, 0.3) is 10.6 Å². The summed E-state index contributed by atoms with van der Waals surface area (Å²) in [5.41, 5.74) is 1.65. The first-order valence-corrected chi connectivity index (χ1v) is 5.97. The highest BCUT2D eigenvalue weighted by Gasteiger charge is 2.12. The molecule has 1 heterocycles. The lowest BCUT2D eigenvalue weighted by Gasteiger charge is -2.04. The largest absolute Gasteiger partial charge is 0.476 e. The molecule has 0 spiro atoms. The topological polar surface area (TPSA) is 50.2 Å². The van der Waals surface area contributed by atoms with Crippen LogP contribution in [0.4, 0.5) is 4.39 Å². The first kappa shape index (κ1) is 11.7. The zero-order valence-corrected chi connectivity index (χ0v) is 9.92. The van der Waals surface area contributed by atoms with Crippen molar-refractivity contribution in [1.82, 2.24) is 4.98 Å². The molecule has 0 fully saturated rings. The molecule has 0 saturated carbocycles. The van der Waals surface area contributed by atoms with E-state index >= 15 is 0 Å². The van der Waals surface area contributed by atoms with Crippen LogP contribution in [0.3, 0.4) is 0 Å². The molecule has 1 aromatic carbocycles. The Morgan fingerprint density at radius 2 is 2.29 bits per heavy atom. The van der Waals surface area contributed by atoms with Crippen molar-refractivity contribution >= 4 is 17.3 Å². The van der Waals surface area contributed by atoms with Gasteiger partial charge in [-0.15, -0.1) is 11.3 Å². The number of aryl methyl sites for hydroxylation is 1. The number of thiazole rings is 1. The third-order valence-corrected chi connectivity index (χ3v) is 3.28. The smallest absolute Gasteiger partial charge is 0.355 e. The predicted octanol–water partition coefficient (Wildman–Crippen LogP) is 3.21. The highest BCUT2D eigenvalue weighted by molar-refractivity contribution is 7.13. The Hall–Kier alpha value is -1.75. The normalized spacial score (nSPS) is 10.5. The van der Waals surface area contributed by atoms with Crippen molar-refractivity contribution in [2.24, 2.45) is 0 Å². The van der Waals surface area contributed by atoms with Crippen LogP contribution in [-0.2, 0) is 6.42 Å². The van der Waals surface area contributed by atoms with Gasteiger partial charge in [-0.3, -0.25) is 0 Å². The Bertz CT molecular complexity index is 565. The third kappa shape index (κ3) is 2.34. The number of hydrogen-bond donors (Lipinski definition) is 1. The lowest BCUT2D eigenvalue weighted by atomic mass is 10.1. The summed E-state index contributed by atoms with van der Waals surface area (Å²) >= 11 is 1.25. The van der Waals surface area contributed by atoms with E-state index in [0.29, 0.717) is 11.4 Å². The summed E-state index contributed by atoms with van der Waals surface area (Å²) in [6, 6.07) is 4.45. The number of aromatic carboxylic acids is 1. The monoisotopic (exact) mass is 251 g/mol. The summed E-state index contributed by atoms with van der Waals surface area (Å²) in [5.74, 6) is -1.34. The van der Waals surface area contributed by atoms with Crippen LogP contribution in [-0.4, -0.2) is 16.1 Å². The minimum Gasteiger partial charge on any atom is -0.476 e. The maximum Gasteiger partial charge on any atom is 0.355 e. The molecule has 3 nitrogen and oxygen atoms in total. The van der Waals surface area contributed by atoms with Crippen molar-refractivity contribution in [2.75, 3.05) is 0 Å². The summed E-state index contributed by atoms with van der Waals surface area (Å²) in [7, 11) is 0. The molecule has 0 aliphatic heterocycles. The molecule has 0 aliphatic rings. The van der Waals surface area contributed by atoms with Crippen LogP contribution in [0.15, 0.2) is 23.6 Å². The molecular weight excluding hydrogens is 241 g/mol. The van der Waals surface area contributed by atoms with Gasteiger partial charge >= 0.3 is 5.97 Å². The number of halogens is 1. The van der Waals surface area contributed by atoms with Crippen LogP contribution >= 0.6 is 11.3 Å². The second-order valence-corrected chi connectivity index (χ2v) is 4.36. The fourth-order valence-corrected chi connectivity index (χ4v) is 2.41. The molecule has 0 saturated heterocycles. The van der Waals surface area contributed by atoms with E-state index in [-0.39, 0.29) is 11.5 Å². The summed E-state index contributed by atoms with van der Waals surface area (Å²) in [6.45, 7) is 1.92. The number of nitrogens with zero attached hydrogens (tertiary/aromatic N) is 1. The Labute approximate surface area is 102 Å². The summed E-state index contributed by atoms with van der Waals surface area (Å²) in [6.07, 6.45) is 0.676. The first-order chi connectivity index (χ1) is 8.11. The Kier molecular flexibility index (Phi) is 3.19. The Balaban J connectivity index is 2.48. The van der Waals surface area contributed by atoms with Crippen LogP contribution in [0.2, 0.25) is 0 Å². The maximum absolute atomic E-state index is 13.1. The average molecular weight is 251 g/mol. The van der Waals surface area contributed by atoms with E-state index in [1.807, 2.05) is 6.92 Å². The van der Waals surface area contributed by atoms with Gasteiger partial charge in [-0.25, -0.2) is 14.2 Å². The molecule has 5 heteroatoms. The number of carboxylic acids is 1. The molecule has 1 aromatic heterocycles. The molecular formula is C12H10FNO2S. The molecule has 0 atom stereocenters. The van der Waals surface area contributed by atoms with E-state index in [1.54, 1.807) is 6.07 Å². The van der Waals surface area contributed by atoms with Crippen molar-refractivity contribution in [3.8, 4) is 10.6 Å². The van der Waals surface area contributed by atoms with Crippen molar-refractivity contribution in [3.63, 3.8) is 0 Å². The van der Waals surface area contributed by atoms with Gasteiger partial charge in [0.25, 0.3) is 0 Å². The number of aromatic nitrogens is 1. The summed E-state index contributed by atoms with van der Waals surface area (Å²) in [4.78, 5) is 14.8. The van der Waals surface area contributed by atoms with E-state index in [2.05, 4.69) is 4.98 Å². The molecule has 0 unspecified atom stereocenters. The summed E-state index contributed by atoms with van der Waals surface area (Å²) in [5, 5.41) is 10.9. The van der Waals surface area contributed by atoms with Crippen LogP contribution in [0.1, 0.15) is 23.0 Å². The molecule has 0 radical (unpaired) electrons. The predicted molar refractivity (Wildman–Crippen MR) is 63.8 cm³/mol. The average Bonchev–Trinajstić information content (AvgIpc) is 2.78. The van der Waals surface area contributed by atoms with Gasteiger partial charge in [0, 0.05) is 10.9 Å². The molecule has 2 rings (SSSR count). The first-order valence-electron chi connectivity index (χ1n) is 5.09. The zero-order valence-electron chi connectivity index (χ0n) is 9.11. The number of rotatable bonds is 3. The highest BCUT2D eigenvalue weighted by atomic mass is 32.1. The van der Waals surface area contributed by atoms with Gasteiger partial charge < -0.3 is 5.11 Å². The highest BCUT2D eigenvalue weighted by Crippen LogP contribution is 2.28. The van der Waals surface area contributed by atoms with Gasteiger partial charge in [0.05, 0.1) is 0 Å². The SMILES string of the molecule is CCc1cc(F)ccc1-c1nc(C(=O)O)cs1. The number of hydrogen-bond acceptors (Lipinski definition) is 3. The minimum atomic E-state index is -1.05. The van der Waals surface area contributed by atoms with Crippen LogP contribution in [0, 0.1) is 5.82 Å². The van der Waals surface area contributed by atoms with Gasteiger partial charge in [0.2, 0.25) is 0 Å². The lowest BCUT2D eigenvalue weighted by molar-refractivity contribution is 0.0691. The van der Waals surface area contributed by atoms with Gasteiger partial charge in [-0.1, -0.05) is 6.92 Å². The molecule has 0 aliphatic carbocycles. The van der Waals surface area contributed by atoms with Crippen LogP contribution < -0.4 is 0 Å². The minimum absolute atomic E-state index is 0.0244. The van der Waals surface area contributed by atoms with Gasteiger partial charge in [-0.05, 0) is 30.2 Å². The fourth-order valence-electron chi connectivity index (χ4n) is 1.56. The van der Waals surface area contributed by atoms with Crippen molar-refractivity contribution in [3.05, 3.63) is 40.7 Å². The van der Waals surface area contributed by atoms with E-state index in [9.17, 15) is 9.18 Å². The molecule has 0 bridgehead atoms. The van der Waals surface area contributed by atoms with Crippen molar-refractivity contribution < 1.29 is 14.3 Å². The van der Waals surface area contributed by atoms with Crippen LogP contribution in [0.5, 0.6) is 0 Å². The molecule has 1 N–H and O–H groups in total. The second kappa shape index (κ2) is 4.63. The lowest BCUT2D eigenvalue weighted by Crippen LogP contribution is -1.96. The van der Waals surface area contributed by atoms with Gasteiger partial charge in [0.1, 0.15) is 10.8 Å². The molecule has 0 amide bonds. The van der Waals surface area contributed by atoms with Crippen molar-refractivity contribution in [2.45, 2.75) is 13.3 Å².